The second kappa shape index (κ2) is 7.48. The van der Waals surface area contributed by atoms with Crippen LogP contribution >= 0.6 is 0 Å². The van der Waals surface area contributed by atoms with Crippen LogP contribution in [0, 0.1) is 17.1 Å². The highest BCUT2D eigenvalue weighted by Crippen LogP contribution is 2.27. The third kappa shape index (κ3) is 3.25. The van der Waals surface area contributed by atoms with Crippen molar-refractivity contribution in [2.75, 3.05) is 0 Å². The summed E-state index contributed by atoms with van der Waals surface area (Å²) < 4.78 is 19.1. The SMILES string of the molecule is N#Cc1c(F)cccc1Oc1ccc(C(=O)ON2C(=O)c3ccccc3C2=O)cc1. The summed E-state index contributed by atoms with van der Waals surface area (Å²) in [5, 5.41) is 9.47. The fraction of sp³-hybridized carbons (Fsp3) is 0. The van der Waals surface area contributed by atoms with Crippen molar-refractivity contribution in [1.82, 2.24) is 5.06 Å². The Morgan fingerprint density at radius 1 is 0.900 bits per heavy atom. The Hall–Kier alpha value is -4.51. The Morgan fingerprint density at radius 3 is 2.13 bits per heavy atom. The van der Waals surface area contributed by atoms with Crippen molar-refractivity contribution in [2.24, 2.45) is 0 Å². The molecule has 0 aliphatic carbocycles. The highest BCUT2D eigenvalue weighted by Gasteiger charge is 2.38. The lowest BCUT2D eigenvalue weighted by Gasteiger charge is -2.13. The largest absolute Gasteiger partial charge is 0.456 e. The Labute approximate surface area is 169 Å². The third-order valence-electron chi connectivity index (χ3n) is 4.34. The summed E-state index contributed by atoms with van der Waals surface area (Å²) in [6.45, 7) is 0. The van der Waals surface area contributed by atoms with Crippen molar-refractivity contribution < 1.29 is 28.3 Å². The van der Waals surface area contributed by atoms with Crippen LogP contribution in [0.25, 0.3) is 0 Å². The minimum atomic E-state index is -0.917. The van der Waals surface area contributed by atoms with E-state index in [1.54, 1.807) is 18.2 Å². The van der Waals surface area contributed by atoms with E-state index in [0.29, 0.717) is 5.06 Å². The molecule has 4 rings (SSSR count). The van der Waals surface area contributed by atoms with Gasteiger partial charge in [0.05, 0.1) is 16.7 Å². The summed E-state index contributed by atoms with van der Waals surface area (Å²) in [4.78, 5) is 41.9. The smallest absolute Gasteiger partial charge is 0.363 e. The zero-order chi connectivity index (χ0) is 21.3. The number of nitriles is 1. The van der Waals surface area contributed by atoms with Gasteiger partial charge in [-0.15, -0.1) is 0 Å². The van der Waals surface area contributed by atoms with Crippen LogP contribution < -0.4 is 4.74 Å². The highest BCUT2D eigenvalue weighted by molar-refractivity contribution is 6.21. The van der Waals surface area contributed by atoms with E-state index in [0.717, 1.165) is 6.07 Å². The molecular formula is C22H11FN2O5. The lowest BCUT2D eigenvalue weighted by Crippen LogP contribution is -2.32. The monoisotopic (exact) mass is 402 g/mol. The zero-order valence-corrected chi connectivity index (χ0v) is 15.2. The first-order valence-electron chi connectivity index (χ1n) is 8.66. The first-order chi connectivity index (χ1) is 14.5. The van der Waals surface area contributed by atoms with Gasteiger partial charge in [0.25, 0.3) is 11.8 Å². The summed E-state index contributed by atoms with van der Waals surface area (Å²) in [5.74, 6) is -2.80. The fourth-order valence-electron chi connectivity index (χ4n) is 2.87. The maximum atomic E-state index is 13.7. The molecule has 146 valence electrons. The van der Waals surface area contributed by atoms with Gasteiger partial charge in [-0.1, -0.05) is 23.3 Å². The van der Waals surface area contributed by atoms with Crippen LogP contribution in [0.3, 0.4) is 0 Å². The number of hydrogen-bond acceptors (Lipinski definition) is 6. The van der Waals surface area contributed by atoms with Gasteiger partial charge >= 0.3 is 5.97 Å². The second-order valence-electron chi connectivity index (χ2n) is 6.18. The van der Waals surface area contributed by atoms with E-state index in [-0.39, 0.29) is 33.8 Å². The summed E-state index contributed by atoms with van der Waals surface area (Å²) in [5.41, 5.74) is 0.121. The molecule has 0 saturated heterocycles. The molecule has 8 heteroatoms. The third-order valence-corrected chi connectivity index (χ3v) is 4.34. The number of nitrogens with zero attached hydrogens (tertiary/aromatic N) is 2. The van der Waals surface area contributed by atoms with Gasteiger partial charge < -0.3 is 9.57 Å². The number of hydroxylamine groups is 2. The molecule has 3 aromatic rings. The molecule has 1 heterocycles. The van der Waals surface area contributed by atoms with E-state index < -0.39 is 23.6 Å². The summed E-state index contributed by atoms with van der Waals surface area (Å²) >= 11 is 0. The fourth-order valence-corrected chi connectivity index (χ4v) is 2.87. The van der Waals surface area contributed by atoms with Crippen molar-refractivity contribution in [3.8, 4) is 17.6 Å². The number of ether oxygens (including phenoxy) is 1. The van der Waals surface area contributed by atoms with Gasteiger partial charge in [0, 0.05) is 0 Å². The van der Waals surface area contributed by atoms with Gasteiger partial charge in [-0.25, -0.2) is 9.18 Å². The van der Waals surface area contributed by atoms with Crippen LogP contribution in [0.4, 0.5) is 4.39 Å². The summed E-state index contributed by atoms with van der Waals surface area (Å²) in [6, 6.07) is 17.4. The minimum Gasteiger partial charge on any atom is -0.456 e. The Bertz CT molecular complexity index is 1200. The molecular weight excluding hydrogens is 391 g/mol. The topological polar surface area (TPSA) is 96.7 Å². The average molecular weight is 402 g/mol. The number of halogens is 1. The van der Waals surface area contributed by atoms with E-state index in [4.69, 9.17) is 14.8 Å². The van der Waals surface area contributed by atoms with Crippen molar-refractivity contribution in [2.45, 2.75) is 0 Å². The number of rotatable bonds is 4. The van der Waals surface area contributed by atoms with Gasteiger partial charge in [-0.2, -0.15) is 5.26 Å². The molecule has 7 nitrogen and oxygen atoms in total. The maximum Gasteiger partial charge on any atom is 0.363 e. The number of benzene rings is 3. The van der Waals surface area contributed by atoms with Crippen LogP contribution in [0.15, 0.2) is 66.7 Å². The van der Waals surface area contributed by atoms with E-state index in [9.17, 15) is 18.8 Å². The average Bonchev–Trinajstić information content (AvgIpc) is 2.99. The lowest BCUT2D eigenvalue weighted by atomic mass is 10.1. The number of amides is 2. The Kier molecular flexibility index (Phi) is 4.70. The molecule has 0 bridgehead atoms. The molecule has 0 atom stereocenters. The zero-order valence-electron chi connectivity index (χ0n) is 15.2. The molecule has 3 aromatic carbocycles. The van der Waals surface area contributed by atoms with Gasteiger partial charge in [-0.3, -0.25) is 9.59 Å². The molecule has 30 heavy (non-hydrogen) atoms. The number of imide groups is 1. The molecule has 0 aromatic heterocycles. The second-order valence-corrected chi connectivity index (χ2v) is 6.18. The van der Waals surface area contributed by atoms with Gasteiger partial charge in [-0.05, 0) is 48.5 Å². The Balaban J connectivity index is 1.48. The number of carbonyl (C=O) groups excluding carboxylic acids is 3. The standard InChI is InChI=1S/C22H11FN2O5/c23-18-6-3-7-19(17(18)12-24)29-14-10-8-13(9-11-14)22(28)30-25-20(26)15-4-1-2-5-16(15)21(25)27/h1-11H. The van der Waals surface area contributed by atoms with Crippen molar-refractivity contribution in [3.05, 3.63) is 94.8 Å². The molecule has 0 N–H and O–H groups in total. The lowest BCUT2D eigenvalue weighted by molar-refractivity contribution is -0.0584. The van der Waals surface area contributed by atoms with Gasteiger partial charge in [0.2, 0.25) is 0 Å². The summed E-state index contributed by atoms with van der Waals surface area (Å²) in [7, 11) is 0. The number of carbonyl (C=O) groups is 3. The number of fused-ring (bicyclic) bond motifs is 1. The molecule has 0 saturated carbocycles. The Morgan fingerprint density at radius 2 is 1.53 bits per heavy atom. The van der Waals surface area contributed by atoms with E-state index in [1.807, 2.05) is 0 Å². The first kappa shape index (κ1) is 18.8. The van der Waals surface area contributed by atoms with E-state index in [1.165, 1.54) is 48.5 Å². The molecule has 2 amide bonds. The normalized spacial score (nSPS) is 12.3. The van der Waals surface area contributed by atoms with Gasteiger partial charge in [0.1, 0.15) is 28.9 Å². The maximum absolute atomic E-state index is 13.7. The van der Waals surface area contributed by atoms with Crippen molar-refractivity contribution in [1.29, 1.82) is 5.26 Å². The highest BCUT2D eigenvalue weighted by atomic mass is 19.1. The molecule has 0 radical (unpaired) electrons. The van der Waals surface area contributed by atoms with Crippen molar-refractivity contribution >= 4 is 17.8 Å². The first-order valence-corrected chi connectivity index (χ1v) is 8.66. The van der Waals surface area contributed by atoms with E-state index >= 15 is 0 Å². The van der Waals surface area contributed by atoms with Crippen LogP contribution in [0.1, 0.15) is 36.6 Å². The minimum absolute atomic E-state index is 0.0267. The predicted octanol–water partition coefficient (Wildman–Crippen LogP) is 3.86. The van der Waals surface area contributed by atoms with Gasteiger partial charge in [0.15, 0.2) is 0 Å². The molecule has 0 fully saturated rings. The van der Waals surface area contributed by atoms with E-state index in [2.05, 4.69) is 0 Å². The predicted molar refractivity (Wildman–Crippen MR) is 100.0 cm³/mol. The number of hydrogen-bond donors (Lipinski definition) is 0. The molecule has 0 spiro atoms. The van der Waals surface area contributed by atoms with Crippen LogP contribution in [0.5, 0.6) is 11.5 Å². The molecule has 1 aliphatic heterocycles. The van der Waals surface area contributed by atoms with Crippen molar-refractivity contribution in [3.63, 3.8) is 0 Å². The summed E-state index contributed by atoms with van der Waals surface area (Å²) in [6.07, 6.45) is 0. The quantitative estimate of drug-likeness (QED) is 0.615. The van der Waals surface area contributed by atoms with Crippen LogP contribution in [0.2, 0.25) is 0 Å². The molecule has 0 unspecified atom stereocenters. The molecule has 1 aliphatic rings. The van der Waals surface area contributed by atoms with Crippen LogP contribution in [-0.4, -0.2) is 22.8 Å². The van der Waals surface area contributed by atoms with Crippen LogP contribution in [-0.2, 0) is 4.84 Å².